The topological polar surface area (TPSA) is 134 Å². The molecule has 1 heterocycles. The molecule has 1 saturated heterocycles. The molecule has 0 spiro atoms. The van der Waals surface area contributed by atoms with E-state index in [-0.39, 0.29) is 29.0 Å². The van der Waals surface area contributed by atoms with Gasteiger partial charge >= 0.3 is 0 Å². The Morgan fingerprint density at radius 3 is 2.70 bits per heavy atom. The maximum Gasteiger partial charge on any atom is 0.283 e. The quantitative estimate of drug-likeness (QED) is 0.139. The molecule has 0 saturated carbocycles. The minimum atomic E-state index is -0.565. The van der Waals surface area contributed by atoms with Crippen LogP contribution in [0.5, 0.6) is 0 Å². The molecule has 1 aliphatic rings. The number of hydrogen-bond donors (Lipinski definition) is 2. The van der Waals surface area contributed by atoms with Crippen LogP contribution in [-0.2, 0) is 14.3 Å². The lowest BCUT2D eigenvalue weighted by Gasteiger charge is -2.10. The van der Waals surface area contributed by atoms with Crippen molar-refractivity contribution in [1.29, 1.82) is 5.26 Å². The van der Waals surface area contributed by atoms with Crippen molar-refractivity contribution in [3.63, 3.8) is 0 Å². The number of ether oxygens (including phenoxy) is 1. The van der Waals surface area contributed by atoms with Crippen LogP contribution in [0, 0.1) is 21.4 Å². The highest BCUT2D eigenvalue weighted by Crippen LogP contribution is 2.31. The van der Waals surface area contributed by atoms with Gasteiger partial charge in [0.25, 0.3) is 11.6 Å². The molecule has 10 heteroatoms. The molecule has 4 rings (SSSR count). The third-order valence-corrected chi connectivity index (χ3v) is 6.82. The average Bonchev–Trinajstić information content (AvgIpc) is 3.43. The molecular formula is C27H24N4O5S. The summed E-state index contributed by atoms with van der Waals surface area (Å²) < 4.78 is 5.46. The van der Waals surface area contributed by atoms with Crippen LogP contribution >= 0.6 is 11.8 Å². The molecule has 0 unspecified atom stereocenters. The van der Waals surface area contributed by atoms with E-state index in [2.05, 4.69) is 10.6 Å². The Morgan fingerprint density at radius 1 is 1.16 bits per heavy atom. The first kappa shape index (κ1) is 25.9. The molecule has 0 aliphatic carbocycles. The van der Waals surface area contributed by atoms with Gasteiger partial charge in [0.1, 0.15) is 11.6 Å². The molecule has 2 amide bonds. The summed E-state index contributed by atoms with van der Waals surface area (Å²) in [7, 11) is 0. The highest BCUT2D eigenvalue weighted by molar-refractivity contribution is 8.00. The minimum Gasteiger partial charge on any atom is -0.376 e. The van der Waals surface area contributed by atoms with Gasteiger partial charge in [0.2, 0.25) is 5.91 Å². The highest BCUT2D eigenvalue weighted by Gasteiger charge is 2.19. The van der Waals surface area contributed by atoms with Gasteiger partial charge in [-0.3, -0.25) is 19.7 Å². The van der Waals surface area contributed by atoms with Gasteiger partial charge in [-0.05, 0) is 53.5 Å². The molecule has 37 heavy (non-hydrogen) atoms. The van der Waals surface area contributed by atoms with Crippen LogP contribution < -0.4 is 10.6 Å². The molecule has 3 aromatic carbocycles. The van der Waals surface area contributed by atoms with E-state index in [0.29, 0.717) is 29.3 Å². The standard InChI is InChI=1S/C27H24N4O5S/c28-15-21(27(33)29-16-23-6-3-11-36-23)12-18-7-10-25(24(13-18)31(34)35)37-17-26(32)30-22-9-8-19-4-1-2-5-20(19)14-22/h1-2,4-5,7-10,12-14,23H,3,6,11,16-17H2,(H,29,33)(H,30,32)/b21-12+/t23-/m1/s1. The summed E-state index contributed by atoms with van der Waals surface area (Å²) in [6.07, 6.45) is 3.01. The molecule has 0 bridgehead atoms. The number of carbonyl (C=O) groups excluding carboxylic acids is 2. The molecule has 0 aromatic heterocycles. The van der Waals surface area contributed by atoms with Gasteiger partial charge < -0.3 is 15.4 Å². The minimum absolute atomic E-state index is 0.0298. The van der Waals surface area contributed by atoms with E-state index in [9.17, 15) is 25.0 Å². The first-order valence-corrected chi connectivity index (χ1v) is 12.6. The van der Waals surface area contributed by atoms with Crippen LogP contribution in [0.3, 0.4) is 0 Å². The molecule has 188 valence electrons. The fourth-order valence-corrected chi connectivity index (χ4v) is 4.72. The highest BCUT2D eigenvalue weighted by atomic mass is 32.2. The molecule has 1 atom stereocenters. The number of fused-ring (bicyclic) bond motifs is 1. The van der Waals surface area contributed by atoms with Crippen molar-refractivity contribution in [2.24, 2.45) is 0 Å². The van der Waals surface area contributed by atoms with E-state index < -0.39 is 10.8 Å². The number of nitrogens with zero attached hydrogens (tertiary/aromatic N) is 2. The number of anilines is 1. The number of rotatable bonds is 9. The zero-order valence-corrected chi connectivity index (χ0v) is 20.6. The van der Waals surface area contributed by atoms with Gasteiger partial charge in [0.15, 0.2) is 0 Å². The van der Waals surface area contributed by atoms with Gasteiger partial charge in [-0.25, -0.2) is 0 Å². The second-order valence-electron chi connectivity index (χ2n) is 8.40. The zero-order valence-electron chi connectivity index (χ0n) is 19.8. The Balaban J connectivity index is 1.40. The van der Waals surface area contributed by atoms with Crippen molar-refractivity contribution in [3.8, 4) is 6.07 Å². The number of hydrogen-bond acceptors (Lipinski definition) is 7. The summed E-state index contributed by atoms with van der Waals surface area (Å²) in [5.41, 5.74) is 0.596. The molecular weight excluding hydrogens is 492 g/mol. The van der Waals surface area contributed by atoms with Gasteiger partial charge in [-0.1, -0.05) is 36.4 Å². The number of thioether (sulfide) groups is 1. The predicted octanol–water partition coefficient (Wildman–Crippen LogP) is 4.68. The van der Waals surface area contributed by atoms with Crippen LogP contribution in [0.25, 0.3) is 16.8 Å². The predicted molar refractivity (Wildman–Crippen MR) is 142 cm³/mol. The van der Waals surface area contributed by atoms with E-state index >= 15 is 0 Å². The number of nitro groups is 1. The second-order valence-corrected chi connectivity index (χ2v) is 9.42. The summed E-state index contributed by atoms with van der Waals surface area (Å²) in [4.78, 5) is 36.3. The van der Waals surface area contributed by atoms with Gasteiger partial charge in [0, 0.05) is 24.9 Å². The number of nitro benzene ring substituents is 1. The summed E-state index contributed by atoms with van der Waals surface area (Å²) in [6, 6.07) is 19.6. The summed E-state index contributed by atoms with van der Waals surface area (Å²) in [5.74, 6) is -0.893. The fourth-order valence-electron chi connectivity index (χ4n) is 3.92. The van der Waals surface area contributed by atoms with Crippen molar-refractivity contribution in [2.75, 3.05) is 24.2 Å². The molecule has 1 aliphatic heterocycles. The second kappa shape index (κ2) is 12.2. The van der Waals surface area contributed by atoms with E-state index in [0.717, 1.165) is 35.4 Å². The van der Waals surface area contributed by atoms with Crippen LogP contribution in [0.4, 0.5) is 11.4 Å². The van der Waals surface area contributed by atoms with Crippen LogP contribution in [-0.4, -0.2) is 41.7 Å². The Bertz CT molecular complexity index is 1410. The molecule has 3 aromatic rings. The Hall–Kier alpha value is -4.20. The number of carbonyl (C=O) groups is 2. The first-order chi connectivity index (χ1) is 17.9. The van der Waals surface area contributed by atoms with Crippen molar-refractivity contribution in [2.45, 2.75) is 23.8 Å². The SMILES string of the molecule is N#C/C(=C\c1ccc(SCC(=O)Nc2ccc3ccccc3c2)c([N+](=O)[O-])c1)C(=O)NC[C@H]1CCCO1. The van der Waals surface area contributed by atoms with E-state index in [4.69, 9.17) is 4.74 Å². The number of benzene rings is 3. The van der Waals surface area contributed by atoms with Crippen LogP contribution in [0.2, 0.25) is 0 Å². The third kappa shape index (κ3) is 6.94. The molecule has 1 fully saturated rings. The Labute approximate surface area is 217 Å². The number of nitriles is 1. The average molecular weight is 517 g/mol. The third-order valence-electron chi connectivity index (χ3n) is 5.76. The molecule has 0 radical (unpaired) electrons. The smallest absolute Gasteiger partial charge is 0.283 e. The normalized spacial score (nSPS) is 15.2. The number of nitrogens with one attached hydrogen (secondary N) is 2. The Kier molecular flexibility index (Phi) is 8.51. The van der Waals surface area contributed by atoms with Gasteiger partial charge in [0.05, 0.1) is 21.7 Å². The van der Waals surface area contributed by atoms with Crippen molar-refractivity contribution in [3.05, 3.63) is 81.9 Å². The van der Waals surface area contributed by atoms with Crippen molar-refractivity contribution < 1.29 is 19.2 Å². The number of amides is 2. The lowest BCUT2D eigenvalue weighted by molar-refractivity contribution is -0.387. The van der Waals surface area contributed by atoms with Crippen LogP contribution in [0.15, 0.2) is 71.1 Å². The van der Waals surface area contributed by atoms with Crippen molar-refractivity contribution >= 4 is 51.8 Å². The lowest BCUT2D eigenvalue weighted by atomic mass is 10.1. The maximum absolute atomic E-state index is 12.5. The van der Waals surface area contributed by atoms with E-state index in [1.54, 1.807) is 12.1 Å². The largest absolute Gasteiger partial charge is 0.376 e. The summed E-state index contributed by atoms with van der Waals surface area (Å²) in [6.45, 7) is 0.954. The lowest BCUT2D eigenvalue weighted by Crippen LogP contribution is -2.32. The summed E-state index contributed by atoms with van der Waals surface area (Å²) >= 11 is 1.04. The van der Waals surface area contributed by atoms with E-state index in [1.807, 2.05) is 42.5 Å². The van der Waals surface area contributed by atoms with Crippen molar-refractivity contribution in [1.82, 2.24) is 5.32 Å². The zero-order chi connectivity index (χ0) is 26.2. The molecule has 9 nitrogen and oxygen atoms in total. The van der Waals surface area contributed by atoms with Crippen LogP contribution in [0.1, 0.15) is 18.4 Å². The summed E-state index contributed by atoms with van der Waals surface area (Å²) in [5, 5.41) is 28.6. The monoisotopic (exact) mass is 516 g/mol. The first-order valence-electron chi connectivity index (χ1n) is 11.6. The Morgan fingerprint density at radius 2 is 1.97 bits per heavy atom. The van der Waals surface area contributed by atoms with Gasteiger partial charge in [-0.2, -0.15) is 5.26 Å². The fraction of sp³-hybridized carbons (Fsp3) is 0.222. The molecule has 2 N–H and O–H groups in total. The van der Waals surface area contributed by atoms with Gasteiger partial charge in [-0.15, -0.1) is 11.8 Å². The van der Waals surface area contributed by atoms with E-state index in [1.165, 1.54) is 18.2 Å². The maximum atomic E-state index is 12.5.